The zero-order chi connectivity index (χ0) is 15.8. The minimum absolute atomic E-state index is 0.0866. The lowest BCUT2D eigenvalue weighted by Gasteiger charge is -2.08. The van der Waals surface area contributed by atoms with Gasteiger partial charge in [-0.05, 0) is 24.3 Å². The number of para-hydroxylation sites is 2. The molecule has 6 heteroatoms. The molecule has 0 aliphatic heterocycles. The molecule has 0 heterocycles. The van der Waals surface area contributed by atoms with Crippen molar-refractivity contribution in [2.24, 2.45) is 0 Å². The minimum Gasteiger partial charge on any atom is -0.507 e. The number of ether oxygens (including phenoxy) is 1. The fourth-order valence-corrected chi connectivity index (χ4v) is 1.73. The van der Waals surface area contributed by atoms with Gasteiger partial charge in [0, 0.05) is 13.1 Å². The van der Waals surface area contributed by atoms with Crippen molar-refractivity contribution < 1.29 is 19.4 Å². The maximum Gasteiger partial charge on any atom is 0.412 e. The van der Waals surface area contributed by atoms with Gasteiger partial charge in [0.25, 0.3) is 5.91 Å². The van der Waals surface area contributed by atoms with Crippen LogP contribution in [0.2, 0.25) is 0 Å². The quantitative estimate of drug-likeness (QED) is 0.736. The summed E-state index contributed by atoms with van der Waals surface area (Å²) in [4.78, 5) is 23.3. The van der Waals surface area contributed by atoms with Crippen molar-refractivity contribution in [1.29, 1.82) is 0 Å². The summed E-state index contributed by atoms with van der Waals surface area (Å²) in [5.41, 5.74) is 0.189. The molecule has 6 nitrogen and oxygen atoms in total. The number of carbonyl (C=O) groups is 2. The zero-order valence-electron chi connectivity index (χ0n) is 11.8. The number of phenolic OH excluding ortho intramolecular Hbond substituents is 1. The van der Waals surface area contributed by atoms with Crippen molar-refractivity contribution in [2.75, 3.05) is 13.1 Å². The molecule has 2 aromatic rings. The molecule has 0 fully saturated rings. The van der Waals surface area contributed by atoms with Crippen LogP contribution in [0.15, 0.2) is 54.6 Å². The number of hydrogen-bond acceptors (Lipinski definition) is 4. The SMILES string of the molecule is O=C(NCCNC(=O)c1ccccc1O)Oc1ccccc1. The Labute approximate surface area is 127 Å². The molecule has 0 unspecified atom stereocenters. The van der Waals surface area contributed by atoms with Crippen LogP contribution in [0.1, 0.15) is 10.4 Å². The van der Waals surface area contributed by atoms with Gasteiger partial charge < -0.3 is 20.5 Å². The van der Waals surface area contributed by atoms with Crippen LogP contribution in [-0.2, 0) is 0 Å². The molecule has 3 N–H and O–H groups in total. The summed E-state index contributed by atoms with van der Waals surface area (Å²) >= 11 is 0. The van der Waals surface area contributed by atoms with Crippen LogP contribution < -0.4 is 15.4 Å². The second kappa shape index (κ2) is 7.68. The van der Waals surface area contributed by atoms with Crippen molar-refractivity contribution in [1.82, 2.24) is 10.6 Å². The number of rotatable bonds is 5. The van der Waals surface area contributed by atoms with Gasteiger partial charge in [0.15, 0.2) is 0 Å². The van der Waals surface area contributed by atoms with E-state index in [1.54, 1.807) is 36.4 Å². The smallest absolute Gasteiger partial charge is 0.412 e. The summed E-state index contributed by atoms with van der Waals surface area (Å²) in [6, 6.07) is 14.9. The van der Waals surface area contributed by atoms with Crippen LogP contribution in [0, 0.1) is 0 Å². The average Bonchev–Trinajstić information content (AvgIpc) is 2.53. The number of aromatic hydroxyl groups is 1. The van der Waals surface area contributed by atoms with E-state index in [-0.39, 0.29) is 24.4 Å². The Hall–Kier alpha value is -3.02. The van der Waals surface area contributed by atoms with E-state index in [1.165, 1.54) is 12.1 Å². The molecule has 0 saturated carbocycles. The first-order valence-electron chi connectivity index (χ1n) is 6.74. The molecular formula is C16H16N2O4. The number of carbonyl (C=O) groups excluding carboxylic acids is 2. The normalized spacial score (nSPS) is 9.82. The molecule has 0 bridgehead atoms. The molecule has 2 rings (SSSR count). The van der Waals surface area contributed by atoms with Crippen molar-refractivity contribution in [2.45, 2.75) is 0 Å². The monoisotopic (exact) mass is 300 g/mol. The fourth-order valence-electron chi connectivity index (χ4n) is 1.73. The lowest BCUT2D eigenvalue weighted by Crippen LogP contribution is -2.36. The Morgan fingerprint density at radius 3 is 2.27 bits per heavy atom. The van der Waals surface area contributed by atoms with Gasteiger partial charge in [0.1, 0.15) is 11.5 Å². The maximum absolute atomic E-state index is 11.8. The first kappa shape index (κ1) is 15.4. The summed E-state index contributed by atoms with van der Waals surface area (Å²) in [6.07, 6.45) is -0.594. The van der Waals surface area contributed by atoms with E-state index < -0.39 is 12.0 Å². The lowest BCUT2D eigenvalue weighted by atomic mass is 10.2. The highest BCUT2D eigenvalue weighted by atomic mass is 16.6. The standard InChI is InChI=1S/C16H16N2O4/c19-14-9-5-4-8-13(14)15(20)17-10-11-18-16(21)22-12-6-2-1-3-7-12/h1-9,19H,10-11H2,(H,17,20)(H,18,21). The molecule has 22 heavy (non-hydrogen) atoms. The Bertz CT molecular complexity index is 644. The number of nitrogens with one attached hydrogen (secondary N) is 2. The highest BCUT2D eigenvalue weighted by molar-refractivity contribution is 5.96. The Morgan fingerprint density at radius 2 is 1.55 bits per heavy atom. The number of phenols is 1. The number of benzene rings is 2. The van der Waals surface area contributed by atoms with E-state index in [9.17, 15) is 14.7 Å². The van der Waals surface area contributed by atoms with Gasteiger partial charge in [-0.25, -0.2) is 4.79 Å². The van der Waals surface area contributed by atoms with Gasteiger partial charge in [-0.1, -0.05) is 30.3 Å². The topological polar surface area (TPSA) is 87.7 Å². The molecule has 114 valence electrons. The van der Waals surface area contributed by atoms with Gasteiger partial charge in [-0.3, -0.25) is 4.79 Å². The molecule has 0 radical (unpaired) electrons. The highest BCUT2D eigenvalue weighted by Crippen LogP contribution is 2.14. The van der Waals surface area contributed by atoms with Crippen molar-refractivity contribution >= 4 is 12.0 Å². The van der Waals surface area contributed by atoms with Crippen molar-refractivity contribution in [3.8, 4) is 11.5 Å². The Morgan fingerprint density at radius 1 is 0.909 bits per heavy atom. The van der Waals surface area contributed by atoms with E-state index >= 15 is 0 Å². The van der Waals surface area contributed by atoms with Gasteiger partial charge in [0.2, 0.25) is 0 Å². The molecule has 0 spiro atoms. The van der Waals surface area contributed by atoms with Gasteiger partial charge in [-0.2, -0.15) is 0 Å². The van der Waals surface area contributed by atoms with E-state index in [1.807, 2.05) is 6.07 Å². The highest BCUT2D eigenvalue weighted by Gasteiger charge is 2.09. The molecule has 0 aliphatic carbocycles. The summed E-state index contributed by atoms with van der Waals surface area (Å²) in [7, 11) is 0. The number of amides is 2. The largest absolute Gasteiger partial charge is 0.507 e. The van der Waals surface area contributed by atoms with Crippen LogP contribution in [0.4, 0.5) is 4.79 Å². The molecule has 2 amide bonds. The minimum atomic E-state index is -0.594. The van der Waals surface area contributed by atoms with E-state index in [2.05, 4.69) is 10.6 Å². The fraction of sp³-hybridized carbons (Fsp3) is 0.125. The van der Waals surface area contributed by atoms with Crippen LogP contribution in [0.5, 0.6) is 11.5 Å². The summed E-state index contributed by atoms with van der Waals surface area (Å²) in [5.74, 6) is -0.0500. The van der Waals surface area contributed by atoms with Gasteiger partial charge >= 0.3 is 6.09 Å². The van der Waals surface area contributed by atoms with Crippen molar-refractivity contribution in [3.05, 3.63) is 60.2 Å². The maximum atomic E-state index is 11.8. The Balaban J connectivity index is 1.70. The van der Waals surface area contributed by atoms with E-state index in [0.29, 0.717) is 5.75 Å². The summed E-state index contributed by atoms with van der Waals surface area (Å²) in [6.45, 7) is 0.433. The molecule has 0 aliphatic rings. The van der Waals surface area contributed by atoms with Crippen LogP contribution >= 0.6 is 0 Å². The van der Waals surface area contributed by atoms with Crippen LogP contribution in [0.25, 0.3) is 0 Å². The summed E-state index contributed by atoms with van der Waals surface area (Å²) in [5, 5.41) is 14.6. The van der Waals surface area contributed by atoms with Crippen molar-refractivity contribution in [3.63, 3.8) is 0 Å². The third-order valence-corrected chi connectivity index (χ3v) is 2.78. The predicted molar refractivity (Wildman–Crippen MR) is 80.9 cm³/mol. The number of hydrogen-bond donors (Lipinski definition) is 3. The molecule has 0 aromatic heterocycles. The zero-order valence-corrected chi connectivity index (χ0v) is 11.8. The van der Waals surface area contributed by atoms with E-state index in [4.69, 9.17) is 4.74 Å². The second-order valence-electron chi connectivity index (χ2n) is 4.40. The van der Waals surface area contributed by atoms with Gasteiger partial charge in [0.05, 0.1) is 5.56 Å². The molecule has 2 aromatic carbocycles. The second-order valence-corrected chi connectivity index (χ2v) is 4.40. The first-order valence-corrected chi connectivity index (χ1v) is 6.74. The predicted octanol–water partition coefficient (Wildman–Crippen LogP) is 1.91. The third kappa shape index (κ3) is 4.52. The summed E-state index contributed by atoms with van der Waals surface area (Å²) < 4.78 is 5.02. The Kier molecular flexibility index (Phi) is 5.37. The first-order chi connectivity index (χ1) is 10.7. The van der Waals surface area contributed by atoms with E-state index in [0.717, 1.165) is 0 Å². The van der Waals surface area contributed by atoms with Crippen LogP contribution in [0.3, 0.4) is 0 Å². The van der Waals surface area contributed by atoms with Gasteiger partial charge in [-0.15, -0.1) is 0 Å². The van der Waals surface area contributed by atoms with Crippen LogP contribution in [-0.4, -0.2) is 30.2 Å². The average molecular weight is 300 g/mol. The lowest BCUT2D eigenvalue weighted by molar-refractivity contribution is 0.0950. The third-order valence-electron chi connectivity index (χ3n) is 2.78. The molecule has 0 atom stereocenters. The molecular weight excluding hydrogens is 284 g/mol. The molecule has 0 saturated heterocycles.